The van der Waals surface area contributed by atoms with Gasteiger partial charge in [0, 0.05) is 16.6 Å². The zero-order chi connectivity index (χ0) is 15.9. The molecule has 0 unspecified atom stereocenters. The van der Waals surface area contributed by atoms with Crippen molar-refractivity contribution in [1.82, 2.24) is 4.98 Å². The maximum Gasteiger partial charge on any atom is 0.205 e. The number of nitrogen functional groups attached to an aromatic ring is 1. The predicted octanol–water partition coefficient (Wildman–Crippen LogP) is 3.73. The zero-order valence-electron chi connectivity index (χ0n) is 12.6. The number of methoxy groups -OCH3 is 1. The number of aryl methyl sites for hydroxylation is 2. The summed E-state index contributed by atoms with van der Waals surface area (Å²) in [6.45, 7) is 3.92. The maximum atomic E-state index is 12.7. The van der Waals surface area contributed by atoms with Crippen molar-refractivity contribution < 1.29 is 9.53 Å². The second-order valence-electron chi connectivity index (χ2n) is 5.17. The Labute approximate surface area is 132 Å². The Hall–Kier alpha value is -2.40. The molecule has 0 amide bonds. The molecule has 0 aliphatic rings. The summed E-state index contributed by atoms with van der Waals surface area (Å²) in [7, 11) is 1.58. The highest BCUT2D eigenvalue weighted by Gasteiger charge is 2.20. The highest BCUT2D eigenvalue weighted by Crippen LogP contribution is 2.36. The molecule has 2 N–H and O–H groups in total. The van der Waals surface area contributed by atoms with Gasteiger partial charge < -0.3 is 10.5 Å². The van der Waals surface area contributed by atoms with Gasteiger partial charge in [0.05, 0.1) is 12.8 Å². The molecule has 4 nitrogen and oxygen atoms in total. The summed E-state index contributed by atoms with van der Waals surface area (Å²) in [6, 6.07) is 9.06. The number of ketones is 1. The molecular formula is C17H16N2O2S. The first kappa shape index (κ1) is 14.5. The van der Waals surface area contributed by atoms with E-state index < -0.39 is 0 Å². The number of pyridine rings is 1. The van der Waals surface area contributed by atoms with E-state index in [1.165, 1.54) is 11.3 Å². The smallest absolute Gasteiger partial charge is 0.205 e. The molecule has 0 radical (unpaired) electrons. The Morgan fingerprint density at radius 2 is 2.05 bits per heavy atom. The van der Waals surface area contributed by atoms with E-state index in [0.29, 0.717) is 21.9 Å². The maximum absolute atomic E-state index is 12.7. The molecule has 1 aromatic carbocycles. The van der Waals surface area contributed by atoms with Crippen LogP contribution in [0, 0.1) is 13.8 Å². The Balaban J connectivity index is 2.15. The fourth-order valence-corrected chi connectivity index (χ4v) is 3.71. The van der Waals surface area contributed by atoms with Gasteiger partial charge in [-0.3, -0.25) is 4.79 Å². The summed E-state index contributed by atoms with van der Waals surface area (Å²) in [5.41, 5.74) is 9.26. The molecule has 22 heavy (non-hydrogen) atoms. The van der Waals surface area contributed by atoms with Crippen molar-refractivity contribution in [3.05, 3.63) is 52.0 Å². The number of nitrogens with two attached hydrogens (primary N) is 1. The standard InChI is InChI=1S/C17H16N2O2S/c1-9-7-10(2)19-17-13(9)14(18)16(22-17)15(20)11-5-4-6-12(8-11)21-3/h4-8H,18H2,1-3H3. The first-order valence-electron chi connectivity index (χ1n) is 6.86. The Bertz CT molecular complexity index is 884. The van der Waals surface area contributed by atoms with Crippen LogP contribution in [0.2, 0.25) is 0 Å². The van der Waals surface area contributed by atoms with Crippen molar-refractivity contribution in [2.75, 3.05) is 12.8 Å². The SMILES string of the molecule is COc1cccc(C(=O)c2sc3nc(C)cc(C)c3c2N)c1. The zero-order valence-corrected chi connectivity index (χ0v) is 13.5. The van der Waals surface area contributed by atoms with Gasteiger partial charge >= 0.3 is 0 Å². The van der Waals surface area contributed by atoms with E-state index in [2.05, 4.69) is 4.98 Å². The van der Waals surface area contributed by atoms with Crippen LogP contribution in [0.15, 0.2) is 30.3 Å². The number of rotatable bonds is 3. The van der Waals surface area contributed by atoms with Crippen LogP contribution in [0.25, 0.3) is 10.2 Å². The van der Waals surface area contributed by atoms with Gasteiger partial charge in [0.25, 0.3) is 0 Å². The summed E-state index contributed by atoms with van der Waals surface area (Å²) in [5.74, 6) is 0.548. The van der Waals surface area contributed by atoms with Gasteiger partial charge in [0.2, 0.25) is 5.78 Å². The van der Waals surface area contributed by atoms with E-state index in [1.807, 2.05) is 19.9 Å². The van der Waals surface area contributed by atoms with E-state index >= 15 is 0 Å². The number of carbonyl (C=O) groups excluding carboxylic acids is 1. The van der Waals surface area contributed by atoms with E-state index in [-0.39, 0.29) is 5.78 Å². The Kier molecular flexibility index (Phi) is 3.58. The molecule has 2 heterocycles. The van der Waals surface area contributed by atoms with E-state index in [1.54, 1.807) is 31.4 Å². The molecular weight excluding hydrogens is 296 g/mol. The Morgan fingerprint density at radius 3 is 2.77 bits per heavy atom. The van der Waals surface area contributed by atoms with Gasteiger partial charge in [0.1, 0.15) is 15.5 Å². The third kappa shape index (κ3) is 2.33. The first-order valence-corrected chi connectivity index (χ1v) is 7.68. The second-order valence-corrected chi connectivity index (χ2v) is 6.17. The summed E-state index contributed by atoms with van der Waals surface area (Å²) in [4.78, 5) is 18.6. The molecule has 3 rings (SSSR count). The predicted molar refractivity (Wildman–Crippen MR) is 89.9 cm³/mol. The van der Waals surface area contributed by atoms with Crippen molar-refractivity contribution in [3.63, 3.8) is 0 Å². The molecule has 0 aliphatic carbocycles. The molecule has 0 saturated carbocycles. The molecule has 0 fully saturated rings. The molecule has 0 bridgehead atoms. The highest BCUT2D eigenvalue weighted by atomic mass is 32.1. The fourth-order valence-electron chi connectivity index (χ4n) is 2.53. The number of fused-ring (bicyclic) bond motifs is 1. The molecule has 112 valence electrons. The third-order valence-corrected chi connectivity index (χ3v) is 4.66. The first-order chi connectivity index (χ1) is 10.5. The number of thiophene rings is 1. The number of carbonyl (C=O) groups is 1. The molecule has 0 aliphatic heterocycles. The third-order valence-electron chi connectivity index (χ3n) is 3.56. The summed E-state index contributed by atoms with van der Waals surface area (Å²) in [5, 5.41) is 0.877. The van der Waals surface area contributed by atoms with Gasteiger partial charge in [-0.1, -0.05) is 12.1 Å². The van der Waals surface area contributed by atoms with Crippen LogP contribution in [-0.4, -0.2) is 17.9 Å². The molecule has 0 atom stereocenters. The van der Waals surface area contributed by atoms with Crippen molar-refractivity contribution in [1.29, 1.82) is 0 Å². The number of aromatic nitrogens is 1. The monoisotopic (exact) mass is 312 g/mol. The lowest BCUT2D eigenvalue weighted by Crippen LogP contribution is -2.02. The molecule has 0 saturated heterocycles. The molecule has 0 spiro atoms. The normalized spacial score (nSPS) is 10.9. The average Bonchev–Trinajstić information content (AvgIpc) is 2.83. The number of hydrogen-bond donors (Lipinski definition) is 1. The van der Waals surface area contributed by atoms with Crippen LogP contribution in [-0.2, 0) is 0 Å². The van der Waals surface area contributed by atoms with Crippen LogP contribution >= 0.6 is 11.3 Å². The molecule has 3 aromatic rings. The van der Waals surface area contributed by atoms with Gasteiger partial charge in [0.15, 0.2) is 0 Å². The minimum atomic E-state index is -0.101. The lowest BCUT2D eigenvalue weighted by molar-refractivity contribution is 0.104. The van der Waals surface area contributed by atoms with Crippen molar-refractivity contribution >= 4 is 33.0 Å². The summed E-state index contributed by atoms with van der Waals surface area (Å²) >= 11 is 1.34. The van der Waals surface area contributed by atoms with E-state index in [9.17, 15) is 4.79 Å². The number of nitrogens with zero attached hydrogens (tertiary/aromatic N) is 1. The summed E-state index contributed by atoms with van der Waals surface area (Å²) < 4.78 is 5.17. The number of anilines is 1. The number of ether oxygens (including phenoxy) is 1. The van der Waals surface area contributed by atoms with Gasteiger partial charge in [-0.2, -0.15) is 0 Å². The Morgan fingerprint density at radius 1 is 1.27 bits per heavy atom. The summed E-state index contributed by atoms with van der Waals surface area (Å²) in [6.07, 6.45) is 0. The van der Waals surface area contributed by atoms with Gasteiger partial charge in [-0.05, 0) is 37.6 Å². The second kappa shape index (κ2) is 5.42. The minimum Gasteiger partial charge on any atom is -0.497 e. The minimum absolute atomic E-state index is 0.101. The lowest BCUT2D eigenvalue weighted by Gasteiger charge is -2.03. The van der Waals surface area contributed by atoms with Crippen molar-refractivity contribution in [3.8, 4) is 5.75 Å². The fraction of sp³-hybridized carbons (Fsp3) is 0.176. The van der Waals surface area contributed by atoms with Crippen molar-refractivity contribution in [2.45, 2.75) is 13.8 Å². The number of hydrogen-bond acceptors (Lipinski definition) is 5. The van der Waals surface area contributed by atoms with E-state index in [4.69, 9.17) is 10.5 Å². The lowest BCUT2D eigenvalue weighted by atomic mass is 10.1. The van der Waals surface area contributed by atoms with Gasteiger partial charge in [-0.15, -0.1) is 11.3 Å². The van der Waals surface area contributed by atoms with Crippen molar-refractivity contribution in [2.24, 2.45) is 0 Å². The number of benzene rings is 1. The van der Waals surface area contributed by atoms with Crippen LogP contribution in [0.5, 0.6) is 5.75 Å². The average molecular weight is 312 g/mol. The largest absolute Gasteiger partial charge is 0.497 e. The van der Waals surface area contributed by atoms with E-state index in [0.717, 1.165) is 21.5 Å². The molecule has 5 heteroatoms. The quantitative estimate of drug-likeness (QED) is 0.748. The highest BCUT2D eigenvalue weighted by molar-refractivity contribution is 7.21. The van der Waals surface area contributed by atoms with Gasteiger partial charge in [-0.25, -0.2) is 4.98 Å². The van der Waals surface area contributed by atoms with Crippen LogP contribution in [0.1, 0.15) is 26.5 Å². The van der Waals surface area contributed by atoms with Crippen LogP contribution in [0.3, 0.4) is 0 Å². The van der Waals surface area contributed by atoms with Crippen LogP contribution < -0.4 is 10.5 Å². The topological polar surface area (TPSA) is 65.2 Å². The molecule has 2 aromatic heterocycles. The van der Waals surface area contributed by atoms with Crippen LogP contribution in [0.4, 0.5) is 5.69 Å².